The molecule has 0 aliphatic carbocycles. The molecule has 59 heavy (non-hydrogen) atoms. The Bertz CT molecular complexity index is 2500. The number of aromatic nitrogens is 7. The highest BCUT2D eigenvalue weighted by Crippen LogP contribution is 2.32. The Morgan fingerprint density at radius 1 is 0.932 bits per heavy atom. The Balaban J connectivity index is 1.22. The lowest BCUT2D eigenvalue weighted by molar-refractivity contribution is 0.0983. The van der Waals surface area contributed by atoms with Crippen LogP contribution in [-0.2, 0) is 39.3 Å². The van der Waals surface area contributed by atoms with Crippen molar-refractivity contribution < 1.29 is 23.9 Å². The number of piperazine rings is 1. The average molecular weight is 827 g/mol. The molecular formula is C39H50N14O5S. The first kappa shape index (κ1) is 41.1. The largest absolute Gasteiger partial charge is 0.491 e. The third-order valence-electron chi connectivity index (χ3n) is 10.3. The number of fused-ring (bicyclic) bond motifs is 2. The first-order valence-corrected chi connectivity index (χ1v) is 20.6. The fourth-order valence-corrected chi connectivity index (χ4v) is 8.54. The predicted molar refractivity (Wildman–Crippen MR) is 221 cm³/mol. The first-order valence-electron chi connectivity index (χ1n) is 19.7. The summed E-state index contributed by atoms with van der Waals surface area (Å²) in [5, 5.41) is 15.2. The molecule has 0 saturated carbocycles. The fraction of sp³-hybridized carbons (Fsp3) is 0.436. The molecule has 0 radical (unpaired) electrons. The van der Waals surface area contributed by atoms with E-state index in [1.807, 2.05) is 49.0 Å². The molecule has 2 aliphatic rings. The number of carbonyl (C=O) groups is 4. The molecule has 5 amide bonds. The number of primary amides is 2. The second kappa shape index (κ2) is 17.8. The molecule has 0 atom stereocenters. The summed E-state index contributed by atoms with van der Waals surface area (Å²) in [5.74, 6) is -0.818. The van der Waals surface area contributed by atoms with Crippen LogP contribution in [0, 0.1) is 13.8 Å². The van der Waals surface area contributed by atoms with Crippen molar-refractivity contribution >= 4 is 52.1 Å². The van der Waals surface area contributed by atoms with Gasteiger partial charge in [-0.15, -0.1) is 0 Å². The molecule has 312 valence electrons. The third-order valence-corrected chi connectivity index (χ3v) is 11.4. The summed E-state index contributed by atoms with van der Waals surface area (Å²) in [6.45, 7) is 14.7. The summed E-state index contributed by atoms with van der Waals surface area (Å²) in [7, 11) is 0. The van der Waals surface area contributed by atoms with E-state index in [-0.39, 0.29) is 24.6 Å². The molecule has 0 unspecified atom stereocenters. The van der Waals surface area contributed by atoms with Gasteiger partial charge < -0.3 is 40.5 Å². The van der Waals surface area contributed by atoms with E-state index in [4.69, 9.17) is 21.2 Å². The monoisotopic (exact) mass is 826 g/mol. The number of hydrogen-bond acceptors (Lipinski definition) is 11. The third kappa shape index (κ3) is 8.98. The molecule has 7 rings (SSSR count). The van der Waals surface area contributed by atoms with Crippen molar-refractivity contribution in [1.29, 1.82) is 0 Å². The van der Waals surface area contributed by atoms with Crippen LogP contribution in [0.15, 0.2) is 41.4 Å². The number of rotatable bonds is 15. The van der Waals surface area contributed by atoms with Crippen LogP contribution in [0.5, 0.6) is 5.75 Å². The number of carbonyl (C=O) groups excluding carboxylic acids is 4. The summed E-state index contributed by atoms with van der Waals surface area (Å²) >= 11 is 1.34. The zero-order valence-corrected chi connectivity index (χ0v) is 34.5. The molecule has 20 heteroatoms. The predicted octanol–water partition coefficient (Wildman–Crippen LogP) is 2.37. The SMILES string of the molecule is CCn1nc(C)cc1C(=O)N=c1sc2c(n1C/C=C/Cn1c(NC(=O)c3cc(C)nn3CC)nc3cc(C(N)=O)cc(OCCCN4CCNCC4)c31)CN(C(N)=O)C2. The van der Waals surface area contributed by atoms with E-state index in [2.05, 4.69) is 30.7 Å². The maximum Gasteiger partial charge on any atom is 0.315 e. The van der Waals surface area contributed by atoms with Crippen molar-refractivity contribution in [3.8, 4) is 5.75 Å². The van der Waals surface area contributed by atoms with Crippen molar-refractivity contribution in [1.82, 2.24) is 48.8 Å². The van der Waals surface area contributed by atoms with Gasteiger partial charge in [-0.2, -0.15) is 15.2 Å². The summed E-state index contributed by atoms with van der Waals surface area (Å²) in [4.78, 5) is 66.5. The number of urea groups is 1. The number of imidazole rings is 1. The van der Waals surface area contributed by atoms with Crippen LogP contribution in [-0.4, -0.2) is 107 Å². The Morgan fingerprint density at radius 2 is 1.61 bits per heavy atom. The number of thiazole rings is 1. The van der Waals surface area contributed by atoms with Crippen LogP contribution in [0.4, 0.5) is 10.7 Å². The van der Waals surface area contributed by atoms with Gasteiger partial charge in [0.15, 0.2) is 4.80 Å². The molecule has 0 bridgehead atoms. The normalized spacial score (nSPS) is 14.8. The van der Waals surface area contributed by atoms with Gasteiger partial charge in [-0.3, -0.25) is 29.1 Å². The van der Waals surface area contributed by atoms with Crippen molar-refractivity contribution in [3.63, 3.8) is 0 Å². The van der Waals surface area contributed by atoms with E-state index in [0.717, 1.165) is 55.4 Å². The van der Waals surface area contributed by atoms with Gasteiger partial charge in [0.1, 0.15) is 22.7 Å². The molecule has 19 nitrogen and oxygen atoms in total. The number of anilines is 1. The Hall–Kier alpha value is -6.12. The Kier molecular flexibility index (Phi) is 12.4. The van der Waals surface area contributed by atoms with E-state index >= 15 is 0 Å². The molecule has 4 aromatic heterocycles. The molecule has 1 saturated heterocycles. The van der Waals surface area contributed by atoms with Gasteiger partial charge in [0.25, 0.3) is 11.8 Å². The molecule has 2 aliphatic heterocycles. The molecule has 1 aromatic carbocycles. The number of nitrogens with two attached hydrogens (primary N) is 2. The number of nitrogens with one attached hydrogen (secondary N) is 2. The average Bonchev–Trinajstić information content (AvgIpc) is 4.04. The van der Waals surface area contributed by atoms with E-state index in [1.165, 1.54) is 16.2 Å². The van der Waals surface area contributed by atoms with Gasteiger partial charge in [-0.1, -0.05) is 23.5 Å². The van der Waals surface area contributed by atoms with Crippen molar-refractivity contribution in [2.75, 3.05) is 44.6 Å². The highest BCUT2D eigenvalue weighted by Gasteiger charge is 2.28. The zero-order valence-electron chi connectivity index (χ0n) is 33.7. The molecular weight excluding hydrogens is 777 g/mol. The number of benzene rings is 1. The number of nitrogens with zero attached hydrogens (tertiary/aromatic N) is 10. The highest BCUT2D eigenvalue weighted by molar-refractivity contribution is 7.09. The van der Waals surface area contributed by atoms with Gasteiger partial charge in [-0.25, -0.2) is 9.78 Å². The number of amides is 5. The minimum Gasteiger partial charge on any atom is -0.491 e. The van der Waals surface area contributed by atoms with E-state index in [0.29, 0.717) is 71.5 Å². The van der Waals surface area contributed by atoms with Crippen molar-refractivity contribution in [2.24, 2.45) is 16.5 Å². The van der Waals surface area contributed by atoms with Gasteiger partial charge in [0.2, 0.25) is 11.9 Å². The summed E-state index contributed by atoms with van der Waals surface area (Å²) in [6, 6.07) is 6.10. The quantitative estimate of drug-likeness (QED) is 0.0890. The summed E-state index contributed by atoms with van der Waals surface area (Å²) in [5.41, 5.74) is 15.6. The van der Waals surface area contributed by atoms with Crippen LogP contribution < -0.4 is 31.6 Å². The molecule has 5 aromatic rings. The summed E-state index contributed by atoms with van der Waals surface area (Å²) in [6.07, 6.45) is 4.58. The van der Waals surface area contributed by atoms with Crippen molar-refractivity contribution in [2.45, 2.75) is 73.4 Å². The summed E-state index contributed by atoms with van der Waals surface area (Å²) < 4.78 is 13.4. The Labute approximate surface area is 344 Å². The van der Waals surface area contributed by atoms with Gasteiger partial charge in [0.05, 0.1) is 42.3 Å². The van der Waals surface area contributed by atoms with Crippen LogP contribution >= 0.6 is 11.3 Å². The lowest BCUT2D eigenvalue weighted by atomic mass is 10.1. The number of ether oxygens (including phenoxy) is 1. The number of hydrogen-bond donors (Lipinski definition) is 4. The minimum absolute atomic E-state index is 0.225. The molecule has 1 fully saturated rings. The second-order valence-corrected chi connectivity index (χ2v) is 15.5. The molecule has 0 spiro atoms. The lowest BCUT2D eigenvalue weighted by Crippen LogP contribution is -2.43. The fourth-order valence-electron chi connectivity index (χ4n) is 7.38. The topological polar surface area (TPSA) is 231 Å². The standard InChI is InChI=1S/C39H50N14O5S/c1-5-52-28(18-24(3)46-52)35(55)44-38-43-27-20-26(34(40)54)21-31(58-17-9-12-48-15-10-42-11-16-48)33(27)51(38)14-8-7-13-50-30-22-49(37(41)57)23-32(30)59-39(50)45-36(56)29-19-25(4)47-53(29)6-2/h7-8,18-21,42H,5-6,9-17,22-23H2,1-4H3,(H2,40,54)(H2,41,57)(H,43,44,55)/b8-7+,45-39?. The molecule has 6 heterocycles. The smallest absolute Gasteiger partial charge is 0.315 e. The Morgan fingerprint density at radius 3 is 2.29 bits per heavy atom. The second-order valence-electron chi connectivity index (χ2n) is 14.4. The maximum absolute atomic E-state index is 13.8. The molecule has 6 N–H and O–H groups in total. The first-order chi connectivity index (χ1) is 28.4. The zero-order chi connectivity index (χ0) is 41.8. The lowest BCUT2D eigenvalue weighted by Gasteiger charge is -2.27. The van der Waals surface area contributed by atoms with Crippen LogP contribution in [0.25, 0.3) is 11.0 Å². The number of allylic oxidation sites excluding steroid dienone is 2. The maximum atomic E-state index is 13.8. The van der Waals surface area contributed by atoms with Gasteiger partial charge in [-0.05, 0) is 58.4 Å². The van der Waals surface area contributed by atoms with Crippen molar-refractivity contribution in [3.05, 3.63) is 80.1 Å². The van der Waals surface area contributed by atoms with Crippen LogP contribution in [0.2, 0.25) is 0 Å². The van der Waals surface area contributed by atoms with Crippen LogP contribution in [0.3, 0.4) is 0 Å². The van der Waals surface area contributed by atoms with E-state index in [1.54, 1.807) is 33.6 Å². The van der Waals surface area contributed by atoms with E-state index < -0.39 is 23.8 Å². The van der Waals surface area contributed by atoms with Gasteiger partial charge in [0, 0.05) is 69.3 Å². The van der Waals surface area contributed by atoms with Crippen LogP contribution in [0.1, 0.15) is 73.6 Å². The highest BCUT2D eigenvalue weighted by atomic mass is 32.1. The van der Waals surface area contributed by atoms with Gasteiger partial charge >= 0.3 is 6.03 Å². The minimum atomic E-state index is -0.635. The number of aryl methyl sites for hydroxylation is 4. The van der Waals surface area contributed by atoms with E-state index in [9.17, 15) is 19.2 Å².